The number of benzene rings is 2. The first-order chi connectivity index (χ1) is 12.3. The lowest BCUT2D eigenvalue weighted by Crippen LogP contribution is -2.36. The first kappa shape index (κ1) is 18.0. The van der Waals surface area contributed by atoms with Crippen molar-refractivity contribution < 1.29 is 9.47 Å². The molecule has 0 atom stereocenters. The predicted molar refractivity (Wildman–Crippen MR) is 103 cm³/mol. The Morgan fingerprint density at radius 2 is 1.56 bits per heavy atom. The molecule has 0 aliphatic carbocycles. The largest absolute Gasteiger partial charge is 0.457 e. The summed E-state index contributed by atoms with van der Waals surface area (Å²) in [5.41, 5.74) is 1.28. The van der Waals surface area contributed by atoms with Gasteiger partial charge in [0.2, 0.25) is 0 Å². The highest BCUT2D eigenvalue weighted by Crippen LogP contribution is 2.23. The fourth-order valence-corrected chi connectivity index (χ4v) is 2.88. The molecule has 3 nitrogen and oxygen atoms in total. The molecule has 0 spiro atoms. The van der Waals surface area contributed by atoms with E-state index in [0.717, 1.165) is 57.2 Å². The van der Waals surface area contributed by atoms with Crippen molar-refractivity contribution in [3.05, 3.63) is 71.3 Å². The van der Waals surface area contributed by atoms with Crippen LogP contribution in [0, 0.1) is 0 Å². The Hall–Kier alpha value is -1.81. The molecule has 0 bridgehead atoms. The van der Waals surface area contributed by atoms with Crippen molar-refractivity contribution in [2.24, 2.45) is 0 Å². The number of nitrogens with zero attached hydrogens (tertiary/aromatic N) is 1. The van der Waals surface area contributed by atoms with Crippen molar-refractivity contribution in [3.63, 3.8) is 0 Å². The lowest BCUT2D eigenvalue weighted by Gasteiger charge is -2.25. The van der Waals surface area contributed by atoms with Gasteiger partial charge in [-0.15, -0.1) is 0 Å². The molecule has 0 saturated carbocycles. The minimum atomic E-state index is 0.711. The maximum atomic E-state index is 5.88. The molecule has 2 aromatic rings. The molecule has 1 aliphatic rings. The number of hydrogen-bond donors (Lipinski definition) is 0. The van der Waals surface area contributed by atoms with E-state index in [9.17, 15) is 0 Å². The van der Waals surface area contributed by atoms with Crippen molar-refractivity contribution in [2.45, 2.75) is 12.8 Å². The number of morpholine rings is 1. The average Bonchev–Trinajstić information content (AvgIpc) is 2.65. The molecule has 1 aliphatic heterocycles. The summed E-state index contributed by atoms with van der Waals surface area (Å²) in [7, 11) is 0. The van der Waals surface area contributed by atoms with Crippen LogP contribution in [-0.2, 0) is 11.2 Å². The van der Waals surface area contributed by atoms with Gasteiger partial charge in [0, 0.05) is 24.7 Å². The normalized spacial score (nSPS) is 15.6. The first-order valence-corrected chi connectivity index (χ1v) is 9.15. The van der Waals surface area contributed by atoms with Crippen LogP contribution < -0.4 is 4.74 Å². The van der Waals surface area contributed by atoms with Crippen molar-refractivity contribution >= 4 is 11.6 Å². The van der Waals surface area contributed by atoms with Gasteiger partial charge in [-0.05, 0) is 54.8 Å². The molecular weight excluding hydrogens is 334 g/mol. The van der Waals surface area contributed by atoms with Crippen LogP contribution in [0.15, 0.2) is 60.7 Å². The van der Waals surface area contributed by atoms with Crippen LogP contribution in [0.5, 0.6) is 11.5 Å². The van der Waals surface area contributed by atoms with Gasteiger partial charge in [-0.3, -0.25) is 4.90 Å². The molecule has 0 amide bonds. The van der Waals surface area contributed by atoms with Crippen LogP contribution in [0.3, 0.4) is 0 Å². The molecule has 0 unspecified atom stereocenters. The maximum Gasteiger partial charge on any atom is 0.127 e. The standard InChI is InChI=1S/C21H24ClNO2/c22-19-7-11-21(12-8-19)25-20-9-5-18(6-10-20)4-2-1-3-13-23-14-16-24-17-15-23/h1-2,5-12H,3-4,13-17H2. The third kappa shape index (κ3) is 6.20. The summed E-state index contributed by atoms with van der Waals surface area (Å²) in [5, 5.41) is 0.711. The number of hydrogen-bond acceptors (Lipinski definition) is 3. The summed E-state index contributed by atoms with van der Waals surface area (Å²) in [6.07, 6.45) is 6.56. The van der Waals surface area contributed by atoms with E-state index in [1.165, 1.54) is 5.56 Å². The third-order valence-corrected chi connectivity index (χ3v) is 4.46. The zero-order chi connectivity index (χ0) is 17.3. The Bertz CT molecular complexity index is 661. The highest BCUT2D eigenvalue weighted by atomic mass is 35.5. The van der Waals surface area contributed by atoms with E-state index in [4.69, 9.17) is 21.1 Å². The summed E-state index contributed by atoms with van der Waals surface area (Å²) < 4.78 is 11.2. The molecule has 25 heavy (non-hydrogen) atoms. The molecular formula is C21H24ClNO2. The average molecular weight is 358 g/mol. The van der Waals surface area contributed by atoms with E-state index in [0.29, 0.717) is 5.02 Å². The fraction of sp³-hybridized carbons (Fsp3) is 0.333. The predicted octanol–water partition coefficient (Wildman–Crippen LogP) is 4.95. The lowest BCUT2D eigenvalue weighted by molar-refractivity contribution is 0.0387. The van der Waals surface area contributed by atoms with Crippen LogP contribution >= 0.6 is 11.6 Å². The molecule has 0 radical (unpaired) electrons. The Morgan fingerprint density at radius 3 is 2.24 bits per heavy atom. The van der Waals surface area contributed by atoms with E-state index >= 15 is 0 Å². The van der Waals surface area contributed by atoms with Crippen LogP contribution in [-0.4, -0.2) is 37.7 Å². The quantitative estimate of drug-likeness (QED) is 0.654. The summed E-state index contributed by atoms with van der Waals surface area (Å²) in [5.74, 6) is 1.63. The SMILES string of the molecule is Clc1ccc(Oc2ccc(CC=CCCN3CCOCC3)cc2)cc1. The summed E-state index contributed by atoms with van der Waals surface area (Å²) in [4.78, 5) is 2.46. The van der Waals surface area contributed by atoms with Gasteiger partial charge in [-0.1, -0.05) is 35.9 Å². The number of allylic oxidation sites excluding steroid dienone is 1. The smallest absolute Gasteiger partial charge is 0.127 e. The van der Waals surface area contributed by atoms with Crippen molar-refractivity contribution in [2.75, 3.05) is 32.8 Å². The highest BCUT2D eigenvalue weighted by Gasteiger charge is 2.08. The van der Waals surface area contributed by atoms with Crippen LogP contribution in [0.1, 0.15) is 12.0 Å². The molecule has 1 heterocycles. The van der Waals surface area contributed by atoms with E-state index in [2.05, 4.69) is 29.2 Å². The van der Waals surface area contributed by atoms with Gasteiger partial charge >= 0.3 is 0 Å². The first-order valence-electron chi connectivity index (χ1n) is 8.77. The summed E-state index contributed by atoms with van der Waals surface area (Å²) >= 11 is 5.88. The van der Waals surface area contributed by atoms with E-state index in [1.54, 1.807) is 0 Å². The zero-order valence-corrected chi connectivity index (χ0v) is 15.1. The van der Waals surface area contributed by atoms with E-state index < -0.39 is 0 Å². The lowest BCUT2D eigenvalue weighted by atomic mass is 10.1. The third-order valence-electron chi connectivity index (χ3n) is 4.21. The maximum absolute atomic E-state index is 5.88. The Labute approximate surface area is 154 Å². The van der Waals surface area contributed by atoms with Gasteiger partial charge in [-0.25, -0.2) is 0 Å². The number of ether oxygens (including phenoxy) is 2. The highest BCUT2D eigenvalue weighted by molar-refractivity contribution is 6.30. The van der Waals surface area contributed by atoms with E-state index in [-0.39, 0.29) is 0 Å². The monoisotopic (exact) mass is 357 g/mol. The Kier molecular flexibility index (Phi) is 6.92. The molecule has 4 heteroatoms. The van der Waals surface area contributed by atoms with Crippen LogP contribution in [0.25, 0.3) is 0 Å². The minimum Gasteiger partial charge on any atom is -0.457 e. The van der Waals surface area contributed by atoms with Gasteiger partial charge in [0.15, 0.2) is 0 Å². The second-order valence-corrected chi connectivity index (χ2v) is 6.55. The van der Waals surface area contributed by atoms with Gasteiger partial charge in [0.05, 0.1) is 13.2 Å². The van der Waals surface area contributed by atoms with Gasteiger partial charge in [0.25, 0.3) is 0 Å². The van der Waals surface area contributed by atoms with E-state index in [1.807, 2.05) is 36.4 Å². The zero-order valence-electron chi connectivity index (χ0n) is 14.4. The van der Waals surface area contributed by atoms with Gasteiger partial charge < -0.3 is 9.47 Å². The molecule has 0 N–H and O–H groups in total. The van der Waals surface area contributed by atoms with Crippen molar-refractivity contribution in [1.82, 2.24) is 4.90 Å². The number of halogens is 1. The summed E-state index contributed by atoms with van der Waals surface area (Å²) in [6, 6.07) is 15.6. The topological polar surface area (TPSA) is 21.7 Å². The Morgan fingerprint density at radius 1 is 0.920 bits per heavy atom. The molecule has 0 aromatic heterocycles. The molecule has 132 valence electrons. The minimum absolute atomic E-state index is 0.711. The second kappa shape index (κ2) is 9.62. The number of rotatable bonds is 7. The molecule has 2 aromatic carbocycles. The fourth-order valence-electron chi connectivity index (χ4n) is 2.75. The van der Waals surface area contributed by atoms with Crippen LogP contribution in [0.2, 0.25) is 5.02 Å². The molecule has 3 rings (SSSR count). The van der Waals surface area contributed by atoms with Gasteiger partial charge in [0.1, 0.15) is 11.5 Å². The molecule has 1 saturated heterocycles. The second-order valence-electron chi connectivity index (χ2n) is 6.12. The van der Waals surface area contributed by atoms with Gasteiger partial charge in [-0.2, -0.15) is 0 Å². The van der Waals surface area contributed by atoms with Crippen molar-refractivity contribution in [1.29, 1.82) is 0 Å². The Balaban J connectivity index is 1.41. The van der Waals surface area contributed by atoms with Crippen LogP contribution in [0.4, 0.5) is 0 Å². The molecule has 1 fully saturated rings. The summed E-state index contributed by atoms with van der Waals surface area (Å²) in [6.45, 7) is 4.97. The van der Waals surface area contributed by atoms with Crippen molar-refractivity contribution in [3.8, 4) is 11.5 Å².